The van der Waals surface area contributed by atoms with Crippen LogP contribution in [0.3, 0.4) is 0 Å². The van der Waals surface area contributed by atoms with Crippen molar-refractivity contribution in [3.05, 3.63) is 55.5 Å². The number of hydrogen-bond donors (Lipinski definition) is 1. The molecule has 0 fully saturated rings. The van der Waals surface area contributed by atoms with Crippen LogP contribution in [-0.4, -0.2) is 41.2 Å². The molecule has 2 aromatic rings. The molecule has 3 amide bonds. The smallest absolute Gasteiger partial charge is 0.329 e. The topological polar surface area (TPSA) is 92.8 Å². The van der Waals surface area contributed by atoms with Gasteiger partial charge in [0.05, 0.1) is 11.1 Å². The van der Waals surface area contributed by atoms with Crippen LogP contribution in [0.2, 0.25) is 0 Å². The standard InChI is InChI=1S/C22H17FI4N2O5/c1-9(2)7-12(22(33)34-8-13(30)28-11-5-3-10(23)4-6-11)29-20(31)14-15(21(29)32)17(25)19(27)18(26)16(14)24/h3-6,9,12H,7-8H2,1-2H3,(H,28,30). The van der Waals surface area contributed by atoms with Crippen LogP contribution in [0.25, 0.3) is 0 Å². The number of nitrogens with one attached hydrogen (secondary N) is 1. The normalized spacial score (nSPS) is 13.8. The summed E-state index contributed by atoms with van der Waals surface area (Å²) in [6.07, 6.45) is 0.186. The molecule has 1 aliphatic heterocycles. The van der Waals surface area contributed by atoms with Gasteiger partial charge in [0.1, 0.15) is 11.9 Å². The minimum absolute atomic E-state index is 0.0340. The molecule has 34 heavy (non-hydrogen) atoms. The van der Waals surface area contributed by atoms with Gasteiger partial charge in [-0.3, -0.25) is 19.3 Å². The van der Waals surface area contributed by atoms with Crippen LogP contribution >= 0.6 is 90.4 Å². The second-order valence-electron chi connectivity index (χ2n) is 7.79. The Kier molecular flexibility index (Phi) is 9.55. The van der Waals surface area contributed by atoms with Crippen molar-refractivity contribution >= 4 is 120 Å². The zero-order chi connectivity index (χ0) is 25.3. The number of anilines is 1. The quantitative estimate of drug-likeness (QED) is 0.132. The summed E-state index contributed by atoms with van der Waals surface area (Å²) in [6, 6.07) is 3.96. The number of esters is 1. The third kappa shape index (κ3) is 5.84. The van der Waals surface area contributed by atoms with E-state index in [9.17, 15) is 23.6 Å². The van der Waals surface area contributed by atoms with Crippen LogP contribution in [0.4, 0.5) is 10.1 Å². The molecular formula is C22H17FI4N2O5. The number of nitrogens with zero attached hydrogens (tertiary/aromatic N) is 1. The number of benzene rings is 2. The van der Waals surface area contributed by atoms with Gasteiger partial charge in [-0.25, -0.2) is 9.18 Å². The third-order valence-electron chi connectivity index (χ3n) is 4.88. The number of fused-ring (bicyclic) bond motifs is 1. The predicted molar refractivity (Wildman–Crippen MR) is 157 cm³/mol. The SMILES string of the molecule is CC(C)CC(C(=O)OCC(=O)Nc1ccc(F)cc1)N1C(=O)c2c(I)c(I)c(I)c(I)c2C1=O. The monoisotopic (exact) mass is 916 g/mol. The second kappa shape index (κ2) is 11.6. The van der Waals surface area contributed by atoms with Gasteiger partial charge in [0.25, 0.3) is 17.7 Å². The van der Waals surface area contributed by atoms with E-state index in [1.54, 1.807) is 0 Å². The van der Waals surface area contributed by atoms with Crippen molar-refractivity contribution in [3.8, 4) is 0 Å². The Hall–Kier alpha value is -0.630. The van der Waals surface area contributed by atoms with Gasteiger partial charge in [-0.2, -0.15) is 0 Å². The van der Waals surface area contributed by atoms with Crippen molar-refractivity contribution < 1.29 is 28.3 Å². The maximum absolute atomic E-state index is 13.4. The maximum atomic E-state index is 13.4. The van der Waals surface area contributed by atoms with E-state index < -0.39 is 42.2 Å². The Morgan fingerprint density at radius 3 is 1.91 bits per heavy atom. The molecule has 3 rings (SSSR count). The number of carbonyl (C=O) groups is 4. The Labute approximate surface area is 249 Å². The molecule has 0 saturated heterocycles. The first-order chi connectivity index (χ1) is 15.9. The van der Waals surface area contributed by atoms with E-state index in [1.807, 2.05) is 59.0 Å². The number of hydrogen-bond acceptors (Lipinski definition) is 5. The minimum Gasteiger partial charge on any atom is -0.454 e. The summed E-state index contributed by atoms with van der Waals surface area (Å²) < 4.78 is 21.3. The predicted octanol–water partition coefficient (Wildman–Crippen LogP) is 5.44. The minimum atomic E-state index is -1.17. The second-order valence-corrected chi connectivity index (χ2v) is 12.1. The van der Waals surface area contributed by atoms with Crippen LogP contribution < -0.4 is 5.32 Å². The fourth-order valence-corrected chi connectivity index (χ4v) is 7.02. The molecule has 0 bridgehead atoms. The average molecular weight is 916 g/mol. The first-order valence-corrected chi connectivity index (χ1v) is 14.2. The summed E-state index contributed by atoms with van der Waals surface area (Å²) in [6.45, 7) is 3.11. The lowest BCUT2D eigenvalue weighted by Crippen LogP contribution is -2.47. The van der Waals surface area contributed by atoms with Crippen molar-refractivity contribution in [2.45, 2.75) is 26.3 Å². The highest BCUT2D eigenvalue weighted by molar-refractivity contribution is 14.1. The van der Waals surface area contributed by atoms with E-state index in [2.05, 4.69) is 50.5 Å². The number of halogens is 5. The lowest BCUT2D eigenvalue weighted by atomic mass is 10.0. The van der Waals surface area contributed by atoms with Gasteiger partial charge in [-0.05, 0) is 127 Å². The van der Waals surface area contributed by atoms with Crippen molar-refractivity contribution in [1.82, 2.24) is 4.90 Å². The van der Waals surface area contributed by atoms with Gasteiger partial charge in [-0.15, -0.1) is 0 Å². The molecule has 180 valence electrons. The van der Waals surface area contributed by atoms with E-state index >= 15 is 0 Å². The van der Waals surface area contributed by atoms with Crippen molar-refractivity contribution in [1.29, 1.82) is 0 Å². The molecule has 1 unspecified atom stereocenters. The molecule has 1 atom stereocenters. The molecule has 0 saturated carbocycles. The number of amides is 3. The van der Waals surface area contributed by atoms with E-state index in [4.69, 9.17) is 4.74 Å². The summed E-state index contributed by atoms with van der Waals surface area (Å²) in [5.41, 5.74) is 0.917. The van der Waals surface area contributed by atoms with Crippen molar-refractivity contribution in [2.24, 2.45) is 5.92 Å². The lowest BCUT2D eigenvalue weighted by molar-refractivity contribution is -0.151. The molecule has 0 radical (unpaired) electrons. The fraction of sp³-hybridized carbons (Fsp3) is 0.273. The Balaban J connectivity index is 1.82. The molecule has 1 heterocycles. The lowest BCUT2D eigenvalue weighted by Gasteiger charge is -2.26. The molecular weight excluding hydrogens is 899 g/mol. The van der Waals surface area contributed by atoms with Gasteiger partial charge in [-0.1, -0.05) is 13.8 Å². The zero-order valence-corrected chi connectivity index (χ0v) is 26.4. The molecule has 2 aromatic carbocycles. The van der Waals surface area contributed by atoms with Gasteiger partial charge in [0.15, 0.2) is 6.61 Å². The van der Waals surface area contributed by atoms with Crippen LogP contribution in [0.15, 0.2) is 24.3 Å². The first kappa shape index (κ1) is 27.9. The van der Waals surface area contributed by atoms with Crippen LogP contribution in [-0.2, 0) is 14.3 Å². The van der Waals surface area contributed by atoms with Crippen molar-refractivity contribution in [2.75, 3.05) is 11.9 Å². The third-order valence-corrected chi connectivity index (χ3v) is 12.3. The highest BCUT2D eigenvalue weighted by Crippen LogP contribution is 2.38. The van der Waals surface area contributed by atoms with E-state index in [0.29, 0.717) is 12.8 Å². The Morgan fingerprint density at radius 2 is 1.44 bits per heavy atom. The molecule has 0 aromatic heterocycles. The fourth-order valence-electron chi connectivity index (χ4n) is 3.37. The number of carbonyl (C=O) groups excluding carboxylic acids is 4. The highest BCUT2D eigenvalue weighted by Gasteiger charge is 2.47. The summed E-state index contributed by atoms with van der Waals surface area (Å²) in [5.74, 6) is -3.04. The van der Waals surface area contributed by atoms with Crippen molar-refractivity contribution in [3.63, 3.8) is 0 Å². The number of rotatable bonds is 7. The van der Waals surface area contributed by atoms with E-state index in [0.717, 1.165) is 12.0 Å². The van der Waals surface area contributed by atoms with Crippen LogP contribution in [0, 0.1) is 26.0 Å². The average Bonchev–Trinajstić information content (AvgIpc) is 3.04. The molecule has 0 aliphatic carbocycles. The maximum Gasteiger partial charge on any atom is 0.329 e. The largest absolute Gasteiger partial charge is 0.454 e. The summed E-state index contributed by atoms with van der Waals surface area (Å²) >= 11 is 8.36. The van der Waals surface area contributed by atoms with Gasteiger partial charge < -0.3 is 10.1 Å². The molecule has 0 spiro atoms. The summed E-state index contributed by atoms with van der Waals surface area (Å²) in [4.78, 5) is 52.9. The summed E-state index contributed by atoms with van der Waals surface area (Å²) in [7, 11) is 0. The Morgan fingerprint density at radius 1 is 0.941 bits per heavy atom. The number of ether oxygens (including phenoxy) is 1. The molecule has 7 nitrogen and oxygen atoms in total. The van der Waals surface area contributed by atoms with Gasteiger partial charge in [0.2, 0.25) is 0 Å². The van der Waals surface area contributed by atoms with Gasteiger partial charge >= 0.3 is 5.97 Å². The zero-order valence-electron chi connectivity index (χ0n) is 17.8. The van der Waals surface area contributed by atoms with Crippen LogP contribution in [0.1, 0.15) is 41.0 Å². The molecule has 12 heteroatoms. The molecule has 1 N–H and O–H groups in total. The Bertz CT molecular complexity index is 1140. The molecule has 1 aliphatic rings. The van der Waals surface area contributed by atoms with E-state index in [1.165, 1.54) is 24.3 Å². The highest BCUT2D eigenvalue weighted by atomic mass is 127. The number of imide groups is 1. The van der Waals surface area contributed by atoms with Gasteiger partial charge in [0, 0.05) is 20.0 Å². The summed E-state index contributed by atoms with van der Waals surface area (Å²) in [5, 5.41) is 2.50. The van der Waals surface area contributed by atoms with Crippen LogP contribution in [0.5, 0.6) is 0 Å². The first-order valence-electron chi connectivity index (χ1n) is 9.89. The van der Waals surface area contributed by atoms with E-state index in [-0.39, 0.29) is 23.5 Å².